The molecule has 0 saturated heterocycles. The summed E-state index contributed by atoms with van der Waals surface area (Å²) in [5, 5.41) is 10.9. The van der Waals surface area contributed by atoms with Crippen molar-refractivity contribution in [3.05, 3.63) is 0 Å². The topological polar surface area (TPSA) is 174 Å². The van der Waals surface area contributed by atoms with Gasteiger partial charge in [-0.25, -0.2) is 0 Å². The van der Waals surface area contributed by atoms with Gasteiger partial charge >= 0.3 is 5.97 Å². The van der Waals surface area contributed by atoms with Gasteiger partial charge in [-0.2, -0.15) is 0 Å². The van der Waals surface area contributed by atoms with Crippen molar-refractivity contribution in [1.29, 1.82) is 0 Å². The number of aliphatic imine (C=N–C) groups is 1. The average molecular weight is 287 g/mol. The van der Waals surface area contributed by atoms with Crippen molar-refractivity contribution in [3.63, 3.8) is 0 Å². The number of nitrogens with zero attached hydrogens (tertiary/aromatic N) is 1. The van der Waals surface area contributed by atoms with Crippen LogP contribution in [0.5, 0.6) is 0 Å². The summed E-state index contributed by atoms with van der Waals surface area (Å²) < 4.78 is 0. The van der Waals surface area contributed by atoms with Crippen LogP contribution >= 0.6 is 0 Å². The molecule has 8 N–H and O–H groups in total. The molecular weight excluding hydrogens is 266 g/mol. The fourth-order valence-corrected chi connectivity index (χ4v) is 1.43. The van der Waals surface area contributed by atoms with Gasteiger partial charge in [0.25, 0.3) is 0 Å². The Morgan fingerprint density at radius 3 is 2.25 bits per heavy atom. The Bertz CT molecular complexity index is 379. The zero-order valence-corrected chi connectivity index (χ0v) is 11.2. The zero-order chi connectivity index (χ0) is 15.5. The van der Waals surface area contributed by atoms with E-state index in [2.05, 4.69) is 10.3 Å². The fourth-order valence-electron chi connectivity index (χ4n) is 1.43. The summed E-state index contributed by atoms with van der Waals surface area (Å²) in [5.41, 5.74) is 15.4. The fraction of sp³-hybridized carbons (Fsp3) is 0.636. The Hall–Kier alpha value is -2.32. The first kappa shape index (κ1) is 17.7. The normalized spacial score (nSPS) is 11.4. The highest BCUT2D eigenvalue weighted by Crippen LogP contribution is 2.00. The van der Waals surface area contributed by atoms with Crippen LogP contribution in [0.2, 0.25) is 0 Å². The van der Waals surface area contributed by atoms with Crippen molar-refractivity contribution in [3.8, 4) is 0 Å². The molecule has 2 amide bonds. The van der Waals surface area contributed by atoms with Crippen molar-refractivity contribution in [2.75, 3.05) is 6.54 Å². The Kier molecular flexibility index (Phi) is 8.48. The second-order valence-electron chi connectivity index (χ2n) is 4.22. The van der Waals surface area contributed by atoms with Gasteiger partial charge in [-0.1, -0.05) is 0 Å². The number of guanidine groups is 1. The summed E-state index contributed by atoms with van der Waals surface area (Å²) >= 11 is 0. The SMILES string of the molecule is NC(=O)C(CCC(=O)O)NC(=O)CCCCN=C(N)N. The number of carboxylic acid groups (broad SMARTS) is 1. The maximum atomic E-state index is 11.5. The molecule has 0 bridgehead atoms. The van der Waals surface area contributed by atoms with Gasteiger partial charge < -0.3 is 27.6 Å². The molecular formula is C11H21N5O4. The van der Waals surface area contributed by atoms with Crippen LogP contribution in [0.15, 0.2) is 4.99 Å². The molecule has 0 aromatic heterocycles. The number of hydrogen-bond donors (Lipinski definition) is 5. The van der Waals surface area contributed by atoms with Crippen molar-refractivity contribution in [2.24, 2.45) is 22.2 Å². The number of carboxylic acids is 1. The van der Waals surface area contributed by atoms with Crippen molar-refractivity contribution >= 4 is 23.7 Å². The summed E-state index contributed by atoms with van der Waals surface area (Å²) in [6.45, 7) is 0.424. The van der Waals surface area contributed by atoms with Crippen molar-refractivity contribution in [1.82, 2.24) is 5.32 Å². The Morgan fingerprint density at radius 2 is 1.75 bits per heavy atom. The number of carbonyl (C=O) groups is 3. The van der Waals surface area contributed by atoms with E-state index in [-0.39, 0.29) is 31.1 Å². The van der Waals surface area contributed by atoms with Crippen LogP contribution in [0, 0.1) is 0 Å². The molecule has 0 saturated carbocycles. The quantitative estimate of drug-likeness (QED) is 0.181. The number of unbranched alkanes of at least 4 members (excludes halogenated alkanes) is 1. The highest BCUT2D eigenvalue weighted by atomic mass is 16.4. The van der Waals surface area contributed by atoms with E-state index in [9.17, 15) is 14.4 Å². The Morgan fingerprint density at radius 1 is 1.10 bits per heavy atom. The molecule has 0 aromatic carbocycles. The van der Waals surface area contributed by atoms with Crippen molar-refractivity contribution in [2.45, 2.75) is 38.1 Å². The van der Waals surface area contributed by atoms with Gasteiger partial charge in [0.05, 0.1) is 0 Å². The van der Waals surface area contributed by atoms with Gasteiger partial charge in [0, 0.05) is 19.4 Å². The smallest absolute Gasteiger partial charge is 0.303 e. The predicted molar refractivity (Wildman–Crippen MR) is 72.5 cm³/mol. The van der Waals surface area contributed by atoms with Crippen LogP contribution < -0.4 is 22.5 Å². The molecule has 20 heavy (non-hydrogen) atoms. The minimum Gasteiger partial charge on any atom is -0.481 e. The zero-order valence-electron chi connectivity index (χ0n) is 11.2. The van der Waals surface area contributed by atoms with Gasteiger partial charge in [0.2, 0.25) is 11.8 Å². The third-order valence-corrected chi connectivity index (χ3v) is 2.43. The molecule has 0 aliphatic carbocycles. The van der Waals surface area contributed by atoms with Crippen molar-refractivity contribution < 1.29 is 19.5 Å². The molecule has 0 aliphatic rings. The molecule has 0 heterocycles. The van der Waals surface area contributed by atoms with Crippen LogP contribution in [0.1, 0.15) is 32.1 Å². The van der Waals surface area contributed by atoms with E-state index >= 15 is 0 Å². The summed E-state index contributed by atoms with van der Waals surface area (Å²) in [6, 6.07) is -0.962. The van der Waals surface area contributed by atoms with Crippen LogP contribution in [-0.2, 0) is 14.4 Å². The molecule has 0 rings (SSSR count). The molecule has 1 unspecified atom stereocenters. The maximum absolute atomic E-state index is 11.5. The molecule has 9 nitrogen and oxygen atoms in total. The lowest BCUT2D eigenvalue weighted by molar-refractivity contribution is -0.137. The van der Waals surface area contributed by atoms with Gasteiger partial charge in [-0.3, -0.25) is 19.4 Å². The van der Waals surface area contributed by atoms with Gasteiger partial charge in [-0.05, 0) is 19.3 Å². The number of primary amides is 1. The molecule has 0 radical (unpaired) electrons. The number of nitrogens with one attached hydrogen (secondary N) is 1. The average Bonchev–Trinajstić information content (AvgIpc) is 2.32. The second kappa shape index (κ2) is 9.59. The minimum atomic E-state index is -1.05. The standard InChI is InChI=1S/C11H21N5O4/c12-10(20)7(4-5-9(18)19)16-8(17)3-1-2-6-15-11(13)14/h7H,1-6H2,(H2,12,20)(H,16,17)(H,18,19)(H4,13,14,15). The van der Waals surface area contributed by atoms with Gasteiger partial charge in [-0.15, -0.1) is 0 Å². The van der Waals surface area contributed by atoms with E-state index in [1.165, 1.54) is 0 Å². The third-order valence-electron chi connectivity index (χ3n) is 2.43. The summed E-state index contributed by atoms with van der Waals surface area (Å²) in [6.07, 6.45) is 1.11. The Labute approximate surface area is 116 Å². The monoisotopic (exact) mass is 287 g/mol. The predicted octanol–water partition coefficient (Wildman–Crippen LogP) is -1.73. The lowest BCUT2D eigenvalue weighted by Crippen LogP contribution is -2.44. The summed E-state index contributed by atoms with van der Waals surface area (Å²) in [5.74, 6) is -2.16. The molecule has 0 aliphatic heterocycles. The lowest BCUT2D eigenvalue weighted by atomic mass is 10.1. The summed E-state index contributed by atoms with van der Waals surface area (Å²) in [4.78, 5) is 36.8. The molecule has 0 fully saturated rings. The van der Waals surface area contributed by atoms with Crippen LogP contribution in [0.3, 0.4) is 0 Å². The number of hydrogen-bond acceptors (Lipinski definition) is 4. The molecule has 1 atom stereocenters. The van der Waals surface area contributed by atoms with E-state index in [0.29, 0.717) is 19.4 Å². The highest BCUT2D eigenvalue weighted by molar-refractivity contribution is 5.86. The molecule has 0 spiro atoms. The first-order chi connectivity index (χ1) is 9.32. The van der Waals surface area contributed by atoms with Crippen LogP contribution in [0.4, 0.5) is 0 Å². The van der Waals surface area contributed by atoms with Gasteiger partial charge in [0.15, 0.2) is 5.96 Å². The van der Waals surface area contributed by atoms with Crippen LogP contribution in [0.25, 0.3) is 0 Å². The largest absolute Gasteiger partial charge is 0.481 e. The van der Waals surface area contributed by atoms with E-state index < -0.39 is 17.9 Å². The Balaban J connectivity index is 3.98. The number of carbonyl (C=O) groups excluding carboxylic acids is 2. The first-order valence-electron chi connectivity index (χ1n) is 6.18. The number of amides is 2. The highest BCUT2D eigenvalue weighted by Gasteiger charge is 2.18. The van der Waals surface area contributed by atoms with E-state index in [1.807, 2.05) is 0 Å². The second-order valence-corrected chi connectivity index (χ2v) is 4.22. The maximum Gasteiger partial charge on any atom is 0.303 e. The van der Waals surface area contributed by atoms with Gasteiger partial charge in [0.1, 0.15) is 6.04 Å². The number of aliphatic carboxylic acids is 1. The first-order valence-corrected chi connectivity index (χ1v) is 6.18. The number of rotatable bonds is 10. The third kappa shape index (κ3) is 9.68. The lowest BCUT2D eigenvalue weighted by Gasteiger charge is -2.14. The molecule has 114 valence electrons. The number of nitrogens with two attached hydrogens (primary N) is 3. The molecule has 9 heteroatoms. The van der Waals surface area contributed by atoms with E-state index in [1.54, 1.807) is 0 Å². The minimum absolute atomic E-state index is 0.00286. The molecule has 0 aromatic rings. The van der Waals surface area contributed by atoms with Crippen LogP contribution in [-0.4, -0.2) is 41.4 Å². The summed E-state index contributed by atoms with van der Waals surface area (Å²) in [7, 11) is 0. The van der Waals surface area contributed by atoms with E-state index in [0.717, 1.165) is 0 Å². The van der Waals surface area contributed by atoms with E-state index in [4.69, 9.17) is 22.3 Å².